The molecule has 0 aromatic carbocycles. The summed E-state index contributed by atoms with van der Waals surface area (Å²) in [5.74, 6) is -0.955. The lowest BCUT2D eigenvalue weighted by atomic mass is 10.1. The molecule has 0 saturated carbocycles. The molecule has 282 valence electrons. The minimum Gasteiger partial charge on any atom is -0.462 e. The minimum atomic E-state index is -4.77. The maximum absolute atomic E-state index is 12.4. The Morgan fingerprint density at radius 1 is 0.653 bits per heavy atom. The van der Waals surface area contributed by atoms with E-state index < -0.39 is 32.5 Å². The van der Waals surface area contributed by atoms with Crippen LogP contribution in [-0.4, -0.2) is 53.3 Å². The summed E-state index contributed by atoms with van der Waals surface area (Å²) >= 11 is 0. The van der Waals surface area contributed by atoms with E-state index in [1.165, 1.54) is 44.9 Å². The van der Waals surface area contributed by atoms with Crippen LogP contribution in [0.5, 0.6) is 0 Å². The molecule has 2 unspecified atom stereocenters. The van der Waals surface area contributed by atoms with Crippen LogP contribution in [0.25, 0.3) is 0 Å². The number of hydrogen-bond donors (Lipinski definition) is 2. The van der Waals surface area contributed by atoms with Crippen LogP contribution in [0.15, 0.2) is 48.6 Å². The lowest BCUT2D eigenvalue weighted by Crippen LogP contribution is -2.29. The number of carbonyl (C=O) groups is 2. The summed E-state index contributed by atoms with van der Waals surface area (Å²) < 4.78 is 32.0. The van der Waals surface area contributed by atoms with Crippen molar-refractivity contribution in [1.29, 1.82) is 0 Å². The SMILES string of the molecule is CCCCC/C=C\C/C=C\C/C=C\CCCCC(=O)OC[C@H](COP(=O)(O)O)OC(=O)CCCCCCC/C=C\CC1OC1CCCCC. The molecule has 9 nitrogen and oxygen atoms in total. The van der Waals surface area contributed by atoms with E-state index in [0.29, 0.717) is 25.0 Å². The second-order valence-corrected chi connectivity index (χ2v) is 14.2. The lowest BCUT2D eigenvalue weighted by molar-refractivity contribution is -0.161. The van der Waals surface area contributed by atoms with Crippen LogP contribution in [0.2, 0.25) is 0 Å². The number of ether oxygens (including phenoxy) is 3. The van der Waals surface area contributed by atoms with Gasteiger partial charge in [-0.1, -0.05) is 114 Å². The van der Waals surface area contributed by atoms with Crippen molar-refractivity contribution in [2.75, 3.05) is 13.2 Å². The third-order valence-corrected chi connectivity index (χ3v) is 8.73. The fourth-order valence-electron chi connectivity index (χ4n) is 5.27. The minimum absolute atomic E-state index is 0.181. The summed E-state index contributed by atoms with van der Waals surface area (Å²) in [6.45, 7) is 3.56. The van der Waals surface area contributed by atoms with E-state index in [1.54, 1.807) is 0 Å². The van der Waals surface area contributed by atoms with Gasteiger partial charge >= 0.3 is 19.8 Å². The molecule has 49 heavy (non-hydrogen) atoms. The first-order valence-corrected chi connectivity index (χ1v) is 20.6. The highest BCUT2D eigenvalue weighted by Gasteiger charge is 2.36. The van der Waals surface area contributed by atoms with E-state index in [4.69, 9.17) is 24.0 Å². The third-order valence-electron chi connectivity index (χ3n) is 8.24. The molecule has 0 amide bonds. The summed E-state index contributed by atoms with van der Waals surface area (Å²) in [6, 6.07) is 0. The predicted molar refractivity (Wildman–Crippen MR) is 197 cm³/mol. The molecular weight excluding hydrogens is 643 g/mol. The Hall–Kier alpha value is -2.03. The molecule has 0 aromatic heterocycles. The third kappa shape index (κ3) is 30.5. The van der Waals surface area contributed by atoms with Crippen molar-refractivity contribution >= 4 is 19.8 Å². The van der Waals surface area contributed by atoms with Gasteiger partial charge in [0.15, 0.2) is 6.10 Å². The summed E-state index contributed by atoms with van der Waals surface area (Å²) in [4.78, 5) is 42.7. The number of epoxide rings is 1. The quantitative estimate of drug-likeness (QED) is 0.0224. The second-order valence-electron chi connectivity index (χ2n) is 12.9. The van der Waals surface area contributed by atoms with Crippen LogP contribution in [0.4, 0.5) is 0 Å². The van der Waals surface area contributed by atoms with E-state index in [-0.39, 0.29) is 19.4 Å². The zero-order chi connectivity index (χ0) is 35.8. The summed E-state index contributed by atoms with van der Waals surface area (Å²) in [5, 5.41) is 0. The van der Waals surface area contributed by atoms with E-state index >= 15 is 0 Å². The number of carbonyl (C=O) groups excluding carboxylic acids is 2. The topological polar surface area (TPSA) is 132 Å². The van der Waals surface area contributed by atoms with Crippen molar-refractivity contribution in [3.63, 3.8) is 0 Å². The Labute approximate surface area is 297 Å². The molecule has 0 spiro atoms. The number of hydrogen-bond acceptors (Lipinski definition) is 7. The van der Waals surface area contributed by atoms with Gasteiger partial charge in [0.2, 0.25) is 0 Å². The zero-order valence-electron chi connectivity index (χ0n) is 30.5. The highest BCUT2D eigenvalue weighted by atomic mass is 31.2. The first-order chi connectivity index (χ1) is 23.7. The first-order valence-electron chi connectivity index (χ1n) is 19.1. The van der Waals surface area contributed by atoms with E-state index in [0.717, 1.165) is 70.6 Å². The monoisotopic (exact) mass is 710 g/mol. The van der Waals surface area contributed by atoms with Gasteiger partial charge in [0.1, 0.15) is 6.61 Å². The number of unbranched alkanes of at least 4 members (excludes halogenated alkanes) is 12. The van der Waals surface area contributed by atoms with Gasteiger partial charge in [-0.15, -0.1) is 0 Å². The van der Waals surface area contributed by atoms with E-state index in [9.17, 15) is 14.2 Å². The Morgan fingerprint density at radius 3 is 1.86 bits per heavy atom. The van der Waals surface area contributed by atoms with Crippen molar-refractivity contribution in [3.05, 3.63) is 48.6 Å². The Morgan fingerprint density at radius 2 is 1.18 bits per heavy atom. The van der Waals surface area contributed by atoms with Crippen molar-refractivity contribution < 1.29 is 42.7 Å². The van der Waals surface area contributed by atoms with E-state index in [1.807, 2.05) is 0 Å². The summed E-state index contributed by atoms with van der Waals surface area (Å²) in [6.07, 6.45) is 38.6. The van der Waals surface area contributed by atoms with Crippen LogP contribution >= 0.6 is 7.82 Å². The van der Waals surface area contributed by atoms with Crippen LogP contribution in [0, 0.1) is 0 Å². The fourth-order valence-corrected chi connectivity index (χ4v) is 5.63. The lowest BCUT2D eigenvalue weighted by Gasteiger charge is -2.18. The molecule has 1 saturated heterocycles. The Kier molecular flexibility index (Phi) is 28.2. The molecule has 1 rings (SSSR count). The number of phosphoric ester groups is 1. The normalized spacial score (nSPS) is 17.1. The first kappa shape index (κ1) is 45.0. The highest BCUT2D eigenvalue weighted by molar-refractivity contribution is 7.46. The van der Waals surface area contributed by atoms with Gasteiger partial charge in [0.25, 0.3) is 0 Å². The van der Waals surface area contributed by atoms with Crippen LogP contribution in [0.1, 0.15) is 155 Å². The summed E-state index contributed by atoms with van der Waals surface area (Å²) in [5.41, 5.74) is 0. The maximum Gasteiger partial charge on any atom is 0.469 e. The Bertz CT molecular complexity index is 1000. The van der Waals surface area contributed by atoms with Gasteiger partial charge < -0.3 is 24.0 Å². The average Bonchev–Trinajstić information content (AvgIpc) is 3.82. The molecule has 1 heterocycles. The molecule has 3 atom stereocenters. The fraction of sp³-hybridized carbons (Fsp3) is 0.744. The zero-order valence-corrected chi connectivity index (χ0v) is 31.4. The Balaban J connectivity index is 2.13. The average molecular weight is 711 g/mol. The molecule has 1 aliphatic heterocycles. The van der Waals surface area contributed by atoms with Gasteiger partial charge in [0, 0.05) is 12.8 Å². The van der Waals surface area contributed by atoms with Gasteiger partial charge in [-0.25, -0.2) is 4.57 Å². The molecule has 1 fully saturated rings. The molecule has 10 heteroatoms. The standard InChI is InChI=1S/C39H67O9P/c1-3-5-7-8-9-10-11-12-13-14-15-16-20-23-27-31-38(40)45-33-35(34-46-49(42,43)44)47-39(41)32-28-24-21-18-17-19-22-26-30-37-36(48-37)29-25-6-4-2/h9-10,12-13,15-16,22,26,35-37H,3-8,11,14,17-21,23-25,27-34H2,1-2H3,(H2,42,43,44)/b10-9-,13-12-,16-15-,26-22-/t35-,36?,37?/m1/s1. The van der Waals surface area contributed by atoms with Gasteiger partial charge in [-0.3, -0.25) is 14.1 Å². The van der Waals surface area contributed by atoms with Crippen LogP contribution in [-0.2, 0) is 32.9 Å². The second kappa shape index (κ2) is 30.8. The largest absolute Gasteiger partial charge is 0.469 e. The molecule has 2 N–H and O–H groups in total. The number of rotatable bonds is 33. The van der Waals surface area contributed by atoms with Crippen LogP contribution < -0.4 is 0 Å². The van der Waals surface area contributed by atoms with Crippen molar-refractivity contribution in [2.24, 2.45) is 0 Å². The molecule has 0 aromatic rings. The maximum atomic E-state index is 12.4. The number of allylic oxidation sites excluding steroid dienone is 7. The molecule has 0 radical (unpaired) electrons. The smallest absolute Gasteiger partial charge is 0.462 e. The van der Waals surface area contributed by atoms with Gasteiger partial charge in [0.05, 0.1) is 18.8 Å². The summed E-state index contributed by atoms with van der Waals surface area (Å²) in [7, 11) is -4.77. The van der Waals surface area contributed by atoms with E-state index in [2.05, 4.69) is 67.0 Å². The van der Waals surface area contributed by atoms with Gasteiger partial charge in [-0.2, -0.15) is 0 Å². The molecule has 0 bridgehead atoms. The number of esters is 2. The highest BCUT2D eigenvalue weighted by Crippen LogP contribution is 2.36. The van der Waals surface area contributed by atoms with Crippen LogP contribution in [0.3, 0.4) is 0 Å². The van der Waals surface area contributed by atoms with Crippen molar-refractivity contribution in [3.8, 4) is 0 Å². The molecule has 0 aliphatic carbocycles. The van der Waals surface area contributed by atoms with Crippen molar-refractivity contribution in [1.82, 2.24) is 0 Å². The van der Waals surface area contributed by atoms with Crippen molar-refractivity contribution in [2.45, 2.75) is 173 Å². The molecular formula is C39H67O9P. The predicted octanol–water partition coefficient (Wildman–Crippen LogP) is 10.2. The molecule has 1 aliphatic rings. The number of phosphoric acid groups is 1. The van der Waals surface area contributed by atoms with Gasteiger partial charge in [-0.05, 0) is 77.0 Å².